The third-order valence-electron chi connectivity index (χ3n) is 4.23. The van der Waals surface area contributed by atoms with Crippen molar-refractivity contribution in [3.63, 3.8) is 0 Å². The number of hydrogen-bond acceptors (Lipinski definition) is 3. The van der Waals surface area contributed by atoms with Gasteiger partial charge in [0.25, 0.3) is 0 Å². The first kappa shape index (κ1) is 19.5. The molecule has 1 fully saturated rings. The van der Waals surface area contributed by atoms with E-state index < -0.39 is 0 Å². The van der Waals surface area contributed by atoms with E-state index in [0.29, 0.717) is 13.1 Å². The van der Waals surface area contributed by atoms with Gasteiger partial charge in [-0.1, -0.05) is 19.1 Å². The van der Waals surface area contributed by atoms with Crippen molar-refractivity contribution in [3.8, 4) is 0 Å². The Balaban J connectivity index is 0.00000264. The van der Waals surface area contributed by atoms with Crippen LogP contribution in [0.5, 0.6) is 0 Å². The Labute approximate surface area is 144 Å². The minimum Gasteiger partial charge on any atom is -0.354 e. The highest BCUT2D eigenvalue weighted by atomic mass is 35.5. The molecule has 1 aliphatic heterocycles. The zero-order valence-corrected chi connectivity index (χ0v) is 14.8. The fourth-order valence-corrected chi connectivity index (χ4v) is 2.54. The van der Waals surface area contributed by atoms with Crippen LogP contribution in [0.3, 0.4) is 0 Å². The molecule has 2 unspecified atom stereocenters. The highest BCUT2D eigenvalue weighted by molar-refractivity contribution is 6.00. The van der Waals surface area contributed by atoms with Crippen molar-refractivity contribution in [1.82, 2.24) is 10.6 Å². The first-order valence-electron chi connectivity index (χ1n) is 7.89. The molecule has 128 valence electrons. The van der Waals surface area contributed by atoms with Gasteiger partial charge in [-0.05, 0) is 38.1 Å². The Kier molecular flexibility index (Phi) is 7.52. The maximum absolute atomic E-state index is 12.2. The average molecular weight is 340 g/mol. The average Bonchev–Trinajstić information content (AvgIpc) is 2.94. The maximum atomic E-state index is 12.2. The number of halogens is 1. The predicted octanol–water partition coefficient (Wildman–Crippen LogP) is 1.75. The highest BCUT2D eigenvalue weighted by Gasteiger charge is 2.34. The largest absolute Gasteiger partial charge is 0.354 e. The van der Waals surface area contributed by atoms with Crippen LogP contribution in [0.15, 0.2) is 24.3 Å². The third kappa shape index (κ3) is 4.94. The van der Waals surface area contributed by atoms with Gasteiger partial charge >= 0.3 is 0 Å². The van der Waals surface area contributed by atoms with Gasteiger partial charge in [-0.25, -0.2) is 0 Å². The van der Waals surface area contributed by atoms with Crippen molar-refractivity contribution in [3.05, 3.63) is 29.8 Å². The Morgan fingerprint density at radius 1 is 1.35 bits per heavy atom. The van der Waals surface area contributed by atoms with Crippen LogP contribution in [0.4, 0.5) is 5.69 Å². The molecule has 0 spiro atoms. The van der Waals surface area contributed by atoms with E-state index in [0.717, 1.165) is 12.1 Å². The zero-order chi connectivity index (χ0) is 16.1. The van der Waals surface area contributed by atoms with Crippen molar-refractivity contribution in [2.45, 2.75) is 32.7 Å². The molecule has 2 amide bonds. The van der Waals surface area contributed by atoms with Crippen molar-refractivity contribution in [1.29, 1.82) is 0 Å². The van der Waals surface area contributed by atoms with Crippen LogP contribution < -0.4 is 15.5 Å². The van der Waals surface area contributed by atoms with Crippen molar-refractivity contribution < 1.29 is 9.59 Å². The SMILES string of the molecule is CCc1ccc(N2CC(C(=O)NCC(C)NC)CC2=O)cc1.Cl. The molecule has 2 N–H and O–H groups in total. The molecular weight excluding hydrogens is 314 g/mol. The van der Waals surface area contributed by atoms with Crippen LogP contribution in [0.1, 0.15) is 25.8 Å². The lowest BCUT2D eigenvalue weighted by Gasteiger charge is -2.17. The monoisotopic (exact) mass is 339 g/mol. The summed E-state index contributed by atoms with van der Waals surface area (Å²) >= 11 is 0. The quantitative estimate of drug-likeness (QED) is 0.830. The highest BCUT2D eigenvalue weighted by Crippen LogP contribution is 2.25. The summed E-state index contributed by atoms with van der Waals surface area (Å²) in [5, 5.41) is 5.98. The predicted molar refractivity (Wildman–Crippen MR) is 95.1 cm³/mol. The molecule has 0 radical (unpaired) electrons. The van der Waals surface area contributed by atoms with Crippen LogP contribution in [0.2, 0.25) is 0 Å². The molecule has 6 heteroatoms. The molecule has 23 heavy (non-hydrogen) atoms. The molecule has 1 saturated heterocycles. The lowest BCUT2D eigenvalue weighted by molar-refractivity contribution is -0.126. The van der Waals surface area contributed by atoms with Gasteiger partial charge in [0.05, 0.1) is 5.92 Å². The molecule has 1 aliphatic rings. The van der Waals surface area contributed by atoms with E-state index in [2.05, 4.69) is 17.6 Å². The topological polar surface area (TPSA) is 61.4 Å². The summed E-state index contributed by atoms with van der Waals surface area (Å²) in [6.07, 6.45) is 1.26. The third-order valence-corrected chi connectivity index (χ3v) is 4.23. The van der Waals surface area contributed by atoms with E-state index in [-0.39, 0.29) is 42.6 Å². The lowest BCUT2D eigenvalue weighted by atomic mass is 10.1. The minimum atomic E-state index is -0.262. The fraction of sp³-hybridized carbons (Fsp3) is 0.529. The summed E-state index contributed by atoms with van der Waals surface area (Å²) < 4.78 is 0. The molecule has 1 aromatic rings. The molecule has 0 aromatic heterocycles. The number of nitrogens with zero attached hydrogens (tertiary/aromatic N) is 1. The van der Waals surface area contributed by atoms with Crippen molar-refractivity contribution in [2.75, 3.05) is 25.0 Å². The van der Waals surface area contributed by atoms with E-state index in [1.165, 1.54) is 5.56 Å². The summed E-state index contributed by atoms with van der Waals surface area (Å²) in [5.41, 5.74) is 2.12. The van der Waals surface area contributed by atoms with Crippen LogP contribution in [-0.4, -0.2) is 38.0 Å². The number of likely N-dealkylation sites (N-methyl/N-ethyl adjacent to an activating group) is 1. The van der Waals surface area contributed by atoms with Crippen LogP contribution in [-0.2, 0) is 16.0 Å². The second-order valence-corrected chi connectivity index (χ2v) is 5.86. The normalized spacial score (nSPS) is 18.5. The minimum absolute atomic E-state index is 0. The van der Waals surface area contributed by atoms with Gasteiger partial charge in [-0.15, -0.1) is 12.4 Å². The van der Waals surface area contributed by atoms with Gasteiger partial charge in [0.15, 0.2) is 0 Å². The number of benzene rings is 1. The number of carbonyl (C=O) groups excluding carboxylic acids is 2. The van der Waals surface area contributed by atoms with E-state index >= 15 is 0 Å². The maximum Gasteiger partial charge on any atom is 0.227 e. The Morgan fingerprint density at radius 2 is 2.00 bits per heavy atom. The van der Waals surface area contributed by atoms with Crippen LogP contribution in [0.25, 0.3) is 0 Å². The molecule has 0 aliphatic carbocycles. The van der Waals surface area contributed by atoms with E-state index in [9.17, 15) is 9.59 Å². The van der Waals surface area contributed by atoms with Gasteiger partial charge in [-0.3, -0.25) is 9.59 Å². The van der Waals surface area contributed by atoms with Gasteiger partial charge in [-0.2, -0.15) is 0 Å². The number of aryl methyl sites for hydroxylation is 1. The van der Waals surface area contributed by atoms with Gasteiger partial charge in [0, 0.05) is 31.2 Å². The molecular formula is C17H26ClN3O2. The summed E-state index contributed by atoms with van der Waals surface area (Å²) in [5.74, 6) is -0.281. The van der Waals surface area contributed by atoms with Gasteiger partial charge < -0.3 is 15.5 Å². The summed E-state index contributed by atoms with van der Waals surface area (Å²) in [6.45, 7) is 5.14. The second-order valence-electron chi connectivity index (χ2n) is 5.86. The molecule has 0 bridgehead atoms. The lowest BCUT2D eigenvalue weighted by Crippen LogP contribution is -2.40. The fourth-order valence-electron chi connectivity index (χ4n) is 2.54. The summed E-state index contributed by atoms with van der Waals surface area (Å²) in [6, 6.07) is 8.20. The standard InChI is InChI=1S/C17H25N3O2.ClH/c1-4-13-5-7-15(8-6-13)20-11-14(9-16(20)21)17(22)19-10-12(2)18-3;/h5-8,12,14,18H,4,9-11H2,1-3H3,(H,19,22);1H. The molecule has 1 heterocycles. The molecule has 2 atom stereocenters. The molecule has 2 rings (SSSR count). The number of hydrogen-bond donors (Lipinski definition) is 2. The Hall–Kier alpha value is -1.59. The van der Waals surface area contributed by atoms with E-state index in [1.807, 2.05) is 38.2 Å². The van der Waals surface area contributed by atoms with Gasteiger partial charge in [0.2, 0.25) is 11.8 Å². The van der Waals surface area contributed by atoms with Gasteiger partial charge in [0.1, 0.15) is 0 Å². The first-order chi connectivity index (χ1) is 10.5. The number of anilines is 1. The Morgan fingerprint density at radius 3 is 2.57 bits per heavy atom. The molecule has 1 aromatic carbocycles. The number of amides is 2. The number of carbonyl (C=O) groups is 2. The molecule has 5 nitrogen and oxygen atoms in total. The van der Waals surface area contributed by atoms with Crippen LogP contribution >= 0.6 is 12.4 Å². The smallest absolute Gasteiger partial charge is 0.227 e. The summed E-state index contributed by atoms with van der Waals surface area (Å²) in [4.78, 5) is 26.1. The van der Waals surface area contributed by atoms with E-state index in [1.54, 1.807) is 4.90 Å². The van der Waals surface area contributed by atoms with Crippen molar-refractivity contribution >= 4 is 29.9 Å². The zero-order valence-electron chi connectivity index (χ0n) is 14.0. The number of rotatable bonds is 6. The van der Waals surface area contributed by atoms with Crippen LogP contribution in [0, 0.1) is 5.92 Å². The van der Waals surface area contributed by atoms with Crippen molar-refractivity contribution in [2.24, 2.45) is 5.92 Å². The summed E-state index contributed by atoms with van der Waals surface area (Å²) in [7, 11) is 1.86. The second kappa shape index (κ2) is 8.89. The first-order valence-corrected chi connectivity index (χ1v) is 7.89. The van der Waals surface area contributed by atoms with E-state index in [4.69, 9.17) is 0 Å². The Bertz CT molecular complexity index is 533. The number of nitrogens with one attached hydrogen (secondary N) is 2. The molecule has 0 saturated carbocycles.